The second kappa shape index (κ2) is 7.49. The molecule has 126 valence electrons. The Balaban J connectivity index is 2.19. The number of hydrogen-bond acceptors (Lipinski definition) is 3. The number of carbonyl (C=O) groups excluding carboxylic acids is 2. The molecular weight excluding hydrogens is 292 g/mol. The first kappa shape index (κ1) is 17.3. The summed E-state index contributed by atoms with van der Waals surface area (Å²) in [4.78, 5) is 26.0. The Morgan fingerprint density at radius 2 is 2.00 bits per heavy atom. The van der Waals surface area contributed by atoms with Crippen molar-refractivity contribution in [3.8, 4) is 5.75 Å². The number of rotatable bonds is 6. The zero-order valence-electron chi connectivity index (χ0n) is 14.4. The minimum absolute atomic E-state index is 0.0194. The van der Waals surface area contributed by atoms with Gasteiger partial charge in [-0.3, -0.25) is 9.59 Å². The summed E-state index contributed by atoms with van der Waals surface area (Å²) in [7, 11) is 0. The van der Waals surface area contributed by atoms with E-state index in [-0.39, 0.29) is 24.3 Å². The quantitative estimate of drug-likeness (QED) is 0.874. The van der Waals surface area contributed by atoms with E-state index in [2.05, 4.69) is 19.2 Å². The molecule has 2 rings (SSSR count). The molecule has 1 heterocycles. The number of ether oxygens (including phenoxy) is 1. The standard InChI is InChI=1S/C18H26N2O3/c1-5-13(6-2)18(22)19-14-7-8-15-16(9-14)23-11-17(21)20(15)10-12(3)4/h7-9,12-13H,5-6,10-11H2,1-4H3,(H,19,22). The Morgan fingerprint density at radius 1 is 1.30 bits per heavy atom. The van der Waals surface area contributed by atoms with Gasteiger partial charge in [-0.15, -0.1) is 0 Å². The molecule has 0 saturated carbocycles. The van der Waals surface area contributed by atoms with E-state index in [0.717, 1.165) is 18.5 Å². The molecule has 0 fully saturated rings. The highest BCUT2D eigenvalue weighted by atomic mass is 16.5. The lowest BCUT2D eigenvalue weighted by atomic mass is 10.0. The van der Waals surface area contributed by atoms with Crippen molar-refractivity contribution in [2.24, 2.45) is 11.8 Å². The summed E-state index contributed by atoms with van der Waals surface area (Å²) in [6.07, 6.45) is 1.64. The van der Waals surface area contributed by atoms with Crippen LogP contribution in [0.1, 0.15) is 40.5 Å². The lowest BCUT2D eigenvalue weighted by molar-refractivity contribution is -0.121. The Morgan fingerprint density at radius 3 is 2.61 bits per heavy atom. The van der Waals surface area contributed by atoms with Gasteiger partial charge in [-0.1, -0.05) is 27.7 Å². The minimum atomic E-state index is -0.0278. The van der Waals surface area contributed by atoms with Crippen molar-refractivity contribution in [3.63, 3.8) is 0 Å². The van der Waals surface area contributed by atoms with E-state index in [1.54, 1.807) is 11.0 Å². The van der Waals surface area contributed by atoms with Crippen LogP contribution >= 0.6 is 0 Å². The molecule has 5 nitrogen and oxygen atoms in total. The van der Waals surface area contributed by atoms with Crippen LogP contribution < -0.4 is 15.0 Å². The maximum absolute atomic E-state index is 12.2. The van der Waals surface area contributed by atoms with E-state index in [4.69, 9.17) is 4.74 Å². The first-order valence-corrected chi connectivity index (χ1v) is 8.34. The summed E-state index contributed by atoms with van der Waals surface area (Å²) in [5, 5.41) is 2.94. The van der Waals surface area contributed by atoms with Crippen molar-refractivity contribution in [1.82, 2.24) is 0 Å². The molecule has 1 aromatic rings. The topological polar surface area (TPSA) is 58.6 Å². The number of fused-ring (bicyclic) bond motifs is 1. The second-order valence-electron chi connectivity index (χ2n) is 6.37. The molecule has 1 aromatic carbocycles. The molecule has 0 aromatic heterocycles. The molecule has 0 unspecified atom stereocenters. The van der Waals surface area contributed by atoms with Crippen LogP contribution in [0.3, 0.4) is 0 Å². The smallest absolute Gasteiger partial charge is 0.265 e. The summed E-state index contributed by atoms with van der Waals surface area (Å²) < 4.78 is 5.54. The first-order valence-electron chi connectivity index (χ1n) is 8.34. The van der Waals surface area contributed by atoms with Gasteiger partial charge in [0.1, 0.15) is 5.75 Å². The minimum Gasteiger partial charge on any atom is -0.481 e. The van der Waals surface area contributed by atoms with Gasteiger partial charge in [0.15, 0.2) is 6.61 Å². The van der Waals surface area contributed by atoms with Crippen molar-refractivity contribution in [2.45, 2.75) is 40.5 Å². The number of carbonyl (C=O) groups is 2. The number of nitrogens with one attached hydrogen (secondary N) is 1. The number of nitrogens with zero attached hydrogens (tertiary/aromatic N) is 1. The third-order valence-corrected chi connectivity index (χ3v) is 4.07. The van der Waals surface area contributed by atoms with Crippen LogP contribution in [0.25, 0.3) is 0 Å². The van der Waals surface area contributed by atoms with E-state index < -0.39 is 0 Å². The molecule has 0 radical (unpaired) electrons. The van der Waals surface area contributed by atoms with Crippen LogP contribution in [0.2, 0.25) is 0 Å². The van der Waals surface area contributed by atoms with E-state index in [0.29, 0.717) is 23.9 Å². The lowest BCUT2D eigenvalue weighted by Gasteiger charge is -2.31. The van der Waals surface area contributed by atoms with Crippen LogP contribution in [0.15, 0.2) is 18.2 Å². The fourth-order valence-electron chi connectivity index (χ4n) is 2.75. The normalized spacial score (nSPS) is 14.0. The van der Waals surface area contributed by atoms with E-state index >= 15 is 0 Å². The molecule has 1 aliphatic rings. The first-order chi connectivity index (χ1) is 11.0. The van der Waals surface area contributed by atoms with Crippen molar-refractivity contribution in [1.29, 1.82) is 0 Å². The molecule has 5 heteroatoms. The number of hydrogen-bond donors (Lipinski definition) is 1. The van der Waals surface area contributed by atoms with Crippen LogP contribution in [-0.2, 0) is 9.59 Å². The summed E-state index contributed by atoms with van der Waals surface area (Å²) in [6.45, 7) is 8.88. The number of amides is 2. The second-order valence-corrected chi connectivity index (χ2v) is 6.37. The van der Waals surface area contributed by atoms with Crippen LogP contribution in [0.4, 0.5) is 11.4 Å². The van der Waals surface area contributed by atoms with Gasteiger partial charge in [0.2, 0.25) is 5.91 Å². The predicted molar refractivity (Wildman–Crippen MR) is 91.8 cm³/mol. The van der Waals surface area contributed by atoms with Gasteiger partial charge in [-0.2, -0.15) is 0 Å². The van der Waals surface area contributed by atoms with E-state index in [1.807, 2.05) is 26.0 Å². The Kier molecular flexibility index (Phi) is 5.64. The fraction of sp³-hybridized carbons (Fsp3) is 0.556. The maximum Gasteiger partial charge on any atom is 0.265 e. The van der Waals surface area contributed by atoms with Crippen molar-refractivity contribution >= 4 is 23.2 Å². The van der Waals surface area contributed by atoms with Gasteiger partial charge >= 0.3 is 0 Å². The van der Waals surface area contributed by atoms with Crippen molar-refractivity contribution in [3.05, 3.63) is 18.2 Å². The van der Waals surface area contributed by atoms with Crippen molar-refractivity contribution in [2.75, 3.05) is 23.4 Å². The summed E-state index contributed by atoms with van der Waals surface area (Å²) in [6, 6.07) is 5.47. The van der Waals surface area contributed by atoms with Crippen LogP contribution in [0, 0.1) is 11.8 Å². The highest BCUT2D eigenvalue weighted by Gasteiger charge is 2.26. The van der Waals surface area contributed by atoms with Gasteiger partial charge in [-0.25, -0.2) is 0 Å². The largest absolute Gasteiger partial charge is 0.481 e. The molecule has 1 N–H and O–H groups in total. The van der Waals surface area contributed by atoms with Gasteiger partial charge in [0, 0.05) is 24.2 Å². The molecule has 1 aliphatic heterocycles. The zero-order valence-corrected chi connectivity index (χ0v) is 14.4. The summed E-state index contributed by atoms with van der Waals surface area (Å²) >= 11 is 0. The van der Waals surface area contributed by atoms with Gasteiger partial charge in [-0.05, 0) is 30.9 Å². The molecule has 0 spiro atoms. The van der Waals surface area contributed by atoms with Crippen molar-refractivity contribution < 1.29 is 14.3 Å². The van der Waals surface area contributed by atoms with Gasteiger partial charge < -0.3 is 15.0 Å². The molecule has 0 bridgehead atoms. The Hall–Kier alpha value is -2.04. The molecule has 23 heavy (non-hydrogen) atoms. The molecular formula is C18H26N2O3. The Labute approximate surface area is 138 Å². The third-order valence-electron chi connectivity index (χ3n) is 4.07. The fourth-order valence-corrected chi connectivity index (χ4v) is 2.75. The van der Waals surface area contributed by atoms with E-state index in [9.17, 15) is 9.59 Å². The summed E-state index contributed by atoms with van der Waals surface area (Å²) in [5.41, 5.74) is 1.48. The summed E-state index contributed by atoms with van der Waals surface area (Å²) in [5.74, 6) is 1.04. The van der Waals surface area contributed by atoms with Gasteiger partial charge in [0.05, 0.1) is 5.69 Å². The van der Waals surface area contributed by atoms with Gasteiger partial charge in [0.25, 0.3) is 5.91 Å². The van der Waals surface area contributed by atoms with Crippen LogP contribution in [0.5, 0.6) is 5.75 Å². The highest BCUT2D eigenvalue weighted by Crippen LogP contribution is 2.35. The number of benzene rings is 1. The van der Waals surface area contributed by atoms with Crippen LogP contribution in [-0.4, -0.2) is 25.0 Å². The number of anilines is 2. The molecule has 0 aliphatic carbocycles. The average molecular weight is 318 g/mol. The Bertz CT molecular complexity index is 580. The maximum atomic E-state index is 12.2. The monoisotopic (exact) mass is 318 g/mol. The zero-order chi connectivity index (χ0) is 17.0. The SMILES string of the molecule is CCC(CC)C(=O)Nc1ccc2c(c1)OCC(=O)N2CC(C)C. The third kappa shape index (κ3) is 4.03. The molecule has 2 amide bonds. The highest BCUT2D eigenvalue weighted by molar-refractivity contribution is 5.99. The average Bonchev–Trinajstić information content (AvgIpc) is 2.51. The molecule has 0 atom stereocenters. The predicted octanol–water partition coefficient (Wildman–Crippen LogP) is 3.44. The molecule has 0 saturated heterocycles. The lowest BCUT2D eigenvalue weighted by Crippen LogP contribution is -2.40. The van der Waals surface area contributed by atoms with E-state index in [1.165, 1.54) is 0 Å².